The lowest BCUT2D eigenvalue weighted by molar-refractivity contribution is -0.123. The van der Waals surface area contributed by atoms with Crippen LogP contribution in [0.3, 0.4) is 0 Å². The van der Waals surface area contributed by atoms with Gasteiger partial charge in [-0.15, -0.1) is 23.1 Å². The molecule has 1 aromatic heterocycles. The number of nitrogens with zero attached hydrogens (tertiary/aromatic N) is 2. The van der Waals surface area contributed by atoms with Crippen LogP contribution in [-0.4, -0.2) is 70.2 Å². The standard InChI is InChI=1S/C16H25N3O5S3/c1-11(2)24-7-5-6-17-13(20)9-19-12-8-15(27(22,23)18(3)4)26-16(12)25-10-14(19)21/h8,11H,5-7,9-10H2,1-4H3,(H,17,20). The summed E-state index contributed by atoms with van der Waals surface area (Å²) in [5.41, 5.74) is 0.486. The van der Waals surface area contributed by atoms with E-state index in [4.69, 9.17) is 4.74 Å². The van der Waals surface area contributed by atoms with Crippen LogP contribution in [0.5, 0.6) is 0 Å². The second kappa shape index (κ2) is 9.37. The minimum atomic E-state index is -3.58. The van der Waals surface area contributed by atoms with E-state index in [0.29, 0.717) is 25.3 Å². The summed E-state index contributed by atoms with van der Waals surface area (Å²) in [7, 11) is -0.664. The summed E-state index contributed by atoms with van der Waals surface area (Å²) in [6, 6.07) is 1.48. The topological polar surface area (TPSA) is 96.0 Å². The summed E-state index contributed by atoms with van der Waals surface area (Å²) < 4.78 is 32.1. The van der Waals surface area contributed by atoms with Crippen LogP contribution in [0.25, 0.3) is 0 Å². The van der Waals surface area contributed by atoms with Gasteiger partial charge in [-0.2, -0.15) is 0 Å². The number of carbonyl (C=O) groups excluding carboxylic acids is 2. The molecule has 1 aliphatic heterocycles. The third-order valence-corrected chi connectivity index (χ3v) is 8.36. The Labute approximate surface area is 168 Å². The third-order valence-electron chi connectivity index (χ3n) is 3.71. The minimum Gasteiger partial charge on any atom is -0.379 e. The Hall–Kier alpha value is -1.14. The van der Waals surface area contributed by atoms with E-state index in [-0.39, 0.29) is 34.4 Å². The molecular formula is C16H25N3O5S3. The number of sulfonamides is 1. The molecule has 0 fully saturated rings. The lowest BCUT2D eigenvalue weighted by atomic mass is 10.3. The molecule has 0 bridgehead atoms. The molecule has 11 heteroatoms. The number of nitrogens with one attached hydrogen (secondary N) is 1. The fourth-order valence-electron chi connectivity index (χ4n) is 2.27. The Kier molecular flexibility index (Phi) is 7.69. The van der Waals surface area contributed by atoms with Gasteiger partial charge in [0.1, 0.15) is 10.8 Å². The van der Waals surface area contributed by atoms with E-state index in [2.05, 4.69) is 5.32 Å². The van der Waals surface area contributed by atoms with Gasteiger partial charge in [0.15, 0.2) is 0 Å². The second-order valence-electron chi connectivity index (χ2n) is 6.42. The second-order valence-corrected chi connectivity index (χ2v) is 11.1. The number of rotatable bonds is 9. The summed E-state index contributed by atoms with van der Waals surface area (Å²) in [6.45, 7) is 4.77. The van der Waals surface area contributed by atoms with E-state index in [0.717, 1.165) is 19.9 Å². The average Bonchev–Trinajstić information content (AvgIpc) is 3.02. The predicted octanol–water partition coefficient (Wildman–Crippen LogP) is 1.37. The molecule has 1 N–H and O–H groups in total. The van der Waals surface area contributed by atoms with Crippen LogP contribution in [0.1, 0.15) is 20.3 Å². The highest BCUT2D eigenvalue weighted by Crippen LogP contribution is 2.43. The third kappa shape index (κ3) is 5.67. The maximum Gasteiger partial charge on any atom is 0.252 e. The van der Waals surface area contributed by atoms with Crippen molar-refractivity contribution in [1.82, 2.24) is 9.62 Å². The number of hydrogen-bond donors (Lipinski definition) is 1. The van der Waals surface area contributed by atoms with Crippen LogP contribution in [-0.2, 0) is 24.3 Å². The first-order chi connectivity index (χ1) is 12.6. The molecule has 152 valence electrons. The van der Waals surface area contributed by atoms with Crippen molar-refractivity contribution in [3.8, 4) is 0 Å². The van der Waals surface area contributed by atoms with Gasteiger partial charge < -0.3 is 15.0 Å². The van der Waals surface area contributed by atoms with Gasteiger partial charge in [0.05, 0.1) is 21.8 Å². The summed E-state index contributed by atoms with van der Waals surface area (Å²) in [4.78, 5) is 25.8. The van der Waals surface area contributed by atoms with E-state index in [9.17, 15) is 18.0 Å². The predicted molar refractivity (Wildman–Crippen MR) is 107 cm³/mol. The molecule has 0 aliphatic carbocycles. The van der Waals surface area contributed by atoms with Crippen molar-refractivity contribution in [2.45, 2.75) is 34.8 Å². The fourth-order valence-corrected chi connectivity index (χ4v) is 6.21. The van der Waals surface area contributed by atoms with E-state index < -0.39 is 10.0 Å². The van der Waals surface area contributed by atoms with Gasteiger partial charge in [0.2, 0.25) is 11.8 Å². The number of amides is 2. The molecule has 2 heterocycles. The Morgan fingerprint density at radius 3 is 2.74 bits per heavy atom. The van der Waals surface area contributed by atoms with Crippen LogP contribution in [0.15, 0.2) is 14.5 Å². The van der Waals surface area contributed by atoms with Crippen LogP contribution in [0, 0.1) is 0 Å². The van der Waals surface area contributed by atoms with Crippen LogP contribution >= 0.6 is 23.1 Å². The molecule has 0 saturated carbocycles. The zero-order valence-electron chi connectivity index (χ0n) is 15.9. The fraction of sp³-hybridized carbons (Fsp3) is 0.625. The molecule has 27 heavy (non-hydrogen) atoms. The minimum absolute atomic E-state index is 0.129. The Morgan fingerprint density at radius 2 is 2.11 bits per heavy atom. The van der Waals surface area contributed by atoms with E-state index in [1.54, 1.807) is 0 Å². The monoisotopic (exact) mass is 435 g/mol. The molecule has 0 atom stereocenters. The molecule has 0 aromatic carbocycles. The summed E-state index contributed by atoms with van der Waals surface area (Å²) in [6.07, 6.45) is 0.830. The number of ether oxygens (including phenoxy) is 1. The first-order valence-corrected chi connectivity index (χ1v) is 11.7. The molecule has 8 nitrogen and oxygen atoms in total. The smallest absolute Gasteiger partial charge is 0.252 e. The van der Waals surface area contributed by atoms with Gasteiger partial charge >= 0.3 is 0 Å². The molecule has 0 spiro atoms. The normalized spacial score (nSPS) is 14.7. The quantitative estimate of drug-likeness (QED) is 0.589. The number of thiophene rings is 1. The van der Waals surface area contributed by atoms with Crippen molar-refractivity contribution in [2.24, 2.45) is 0 Å². The van der Waals surface area contributed by atoms with Crippen molar-refractivity contribution in [1.29, 1.82) is 0 Å². The number of anilines is 1. The van der Waals surface area contributed by atoms with Gasteiger partial charge in [-0.25, -0.2) is 12.7 Å². The zero-order valence-corrected chi connectivity index (χ0v) is 18.3. The molecule has 2 rings (SSSR count). The van der Waals surface area contributed by atoms with E-state index in [1.165, 1.54) is 36.8 Å². The van der Waals surface area contributed by atoms with Gasteiger partial charge in [0, 0.05) is 27.2 Å². The zero-order chi connectivity index (χ0) is 20.2. The Balaban J connectivity index is 2.03. The van der Waals surface area contributed by atoms with Gasteiger partial charge in [-0.1, -0.05) is 0 Å². The number of hydrogen-bond acceptors (Lipinski definition) is 7. The van der Waals surface area contributed by atoms with Gasteiger partial charge in [-0.05, 0) is 26.3 Å². The Bertz CT molecular complexity index is 789. The van der Waals surface area contributed by atoms with Crippen molar-refractivity contribution in [3.05, 3.63) is 6.07 Å². The molecule has 0 radical (unpaired) electrons. The molecule has 2 amide bonds. The summed E-state index contributed by atoms with van der Waals surface area (Å²) >= 11 is 2.42. The lowest BCUT2D eigenvalue weighted by Crippen LogP contribution is -2.43. The molecule has 0 unspecified atom stereocenters. The first kappa shape index (κ1) is 22.2. The van der Waals surface area contributed by atoms with Crippen molar-refractivity contribution < 1.29 is 22.7 Å². The SMILES string of the molecule is CC(C)OCCCNC(=O)CN1C(=O)CSc2sc(S(=O)(=O)N(C)C)cc21. The first-order valence-electron chi connectivity index (χ1n) is 8.50. The van der Waals surface area contributed by atoms with Crippen LogP contribution in [0.4, 0.5) is 5.69 Å². The van der Waals surface area contributed by atoms with Crippen LogP contribution < -0.4 is 10.2 Å². The van der Waals surface area contributed by atoms with Gasteiger partial charge in [0.25, 0.3) is 10.0 Å². The van der Waals surface area contributed by atoms with Crippen molar-refractivity contribution in [2.75, 3.05) is 44.4 Å². The van der Waals surface area contributed by atoms with Gasteiger partial charge in [-0.3, -0.25) is 9.59 Å². The number of carbonyl (C=O) groups is 2. The maximum atomic E-state index is 12.3. The largest absolute Gasteiger partial charge is 0.379 e. The summed E-state index contributed by atoms with van der Waals surface area (Å²) in [5.74, 6) is -0.309. The highest BCUT2D eigenvalue weighted by molar-refractivity contribution is 8.02. The van der Waals surface area contributed by atoms with Crippen molar-refractivity contribution >= 4 is 50.6 Å². The average molecular weight is 436 g/mol. The van der Waals surface area contributed by atoms with E-state index in [1.807, 2.05) is 13.8 Å². The number of thioether (sulfide) groups is 1. The number of fused-ring (bicyclic) bond motifs is 1. The Morgan fingerprint density at radius 1 is 1.41 bits per heavy atom. The highest BCUT2D eigenvalue weighted by Gasteiger charge is 2.32. The summed E-state index contributed by atoms with van der Waals surface area (Å²) in [5, 5.41) is 2.77. The molecule has 1 aromatic rings. The molecule has 0 saturated heterocycles. The van der Waals surface area contributed by atoms with Crippen molar-refractivity contribution in [3.63, 3.8) is 0 Å². The van der Waals surface area contributed by atoms with Crippen LogP contribution in [0.2, 0.25) is 0 Å². The maximum absolute atomic E-state index is 12.3. The molecule has 1 aliphatic rings. The highest BCUT2D eigenvalue weighted by atomic mass is 32.3. The molecular weight excluding hydrogens is 410 g/mol. The van der Waals surface area contributed by atoms with E-state index >= 15 is 0 Å². The lowest BCUT2D eigenvalue weighted by Gasteiger charge is -2.25.